The molecule has 1 aromatic carbocycles. The molecule has 0 unspecified atom stereocenters. The summed E-state index contributed by atoms with van der Waals surface area (Å²) in [6, 6.07) is 4.66. The van der Waals surface area contributed by atoms with E-state index in [1.807, 2.05) is 0 Å². The molecule has 1 rings (SSSR count). The van der Waals surface area contributed by atoms with Crippen molar-refractivity contribution in [1.29, 1.82) is 0 Å². The number of unbranched alkanes of at least 4 members (excludes halogenated alkanes) is 5. The Morgan fingerprint density at radius 2 is 1.68 bits per heavy atom. The fourth-order valence-corrected chi connectivity index (χ4v) is 2.41. The quantitative estimate of drug-likeness (QED) is 0.542. The predicted molar refractivity (Wildman–Crippen MR) is 91.5 cm³/mol. The lowest BCUT2D eigenvalue weighted by atomic mass is 10.1. The maximum absolute atomic E-state index is 11.7. The van der Waals surface area contributed by atoms with Crippen LogP contribution < -0.4 is 10.6 Å². The third-order valence-electron chi connectivity index (χ3n) is 3.20. The van der Waals surface area contributed by atoms with Crippen LogP contribution in [0.3, 0.4) is 0 Å². The summed E-state index contributed by atoms with van der Waals surface area (Å²) in [5.74, 6) is -1.38. The summed E-state index contributed by atoms with van der Waals surface area (Å²) in [6.07, 6.45) is 6.78. The predicted octanol–water partition coefficient (Wildman–Crippen LogP) is 4.41. The van der Waals surface area contributed by atoms with Crippen molar-refractivity contribution in [3.8, 4) is 0 Å². The zero-order valence-electron chi connectivity index (χ0n) is 12.8. The van der Waals surface area contributed by atoms with Gasteiger partial charge in [0.1, 0.15) is 0 Å². The molecule has 2 N–H and O–H groups in total. The van der Waals surface area contributed by atoms with Crippen LogP contribution in [0.2, 0.25) is 10.0 Å². The Morgan fingerprint density at radius 3 is 2.36 bits per heavy atom. The molecule has 0 saturated heterocycles. The van der Waals surface area contributed by atoms with E-state index in [1.165, 1.54) is 25.3 Å². The molecule has 122 valence electrons. The van der Waals surface area contributed by atoms with E-state index in [9.17, 15) is 9.59 Å². The molecule has 0 aliphatic heterocycles. The molecular formula is C16H22Cl2N2O2. The van der Waals surface area contributed by atoms with Gasteiger partial charge in [0.15, 0.2) is 0 Å². The van der Waals surface area contributed by atoms with E-state index in [0.717, 1.165) is 19.3 Å². The molecule has 2 amide bonds. The number of hydrogen-bond donors (Lipinski definition) is 2. The number of halogens is 2. The second-order valence-electron chi connectivity index (χ2n) is 5.10. The summed E-state index contributed by atoms with van der Waals surface area (Å²) in [7, 11) is 0. The molecule has 0 saturated carbocycles. The molecular weight excluding hydrogens is 323 g/mol. The Bertz CT molecular complexity index is 507. The number of anilines is 1. The fourth-order valence-electron chi connectivity index (χ4n) is 1.96. The second kappa shape index (κ2) is 10.5. The van der Waals surface area contributed by atoms with E-state index in [2.05, 4.69) is 17.6 Å². The van der Waals surface area contributed by atoms with Crippen molar-refractivity contribution in [2.75, 3.05) is 11.9 Å². The Kier molecular flexibility index (Phi) is 8.94. The van der Waals surface area contributed by atoms with Gasteiger partial charge >= 0.3 is 11.8 Å². The van der Waals surface area contributed by atoms with Gasteiger partial charge in [-0.1, -0.05) is 62.2 Å². The number of carbonyl (C=O) groups excluding carboxylic acids is 2. The van der Waals surface area contributed by atoms with Crippen molar-refractivity contribution in [3.05, 3.63) is 28.2 Å². The van der Waals surface area contributed by atoms with Crippen molar-refractivity contribution < 1.29 is 9.59 Å². The summed E-state index contributed by atoms with van der Waals surface area (Å²) in [5, 5.41) is 5.83. The molecule has 22 heavy (non-hydrogen) atoms. The summed E-state index contributed by atoms with van der Waals surface area (Å²) in [5.41, 5.74) is 0.366. The molecule has 1 aromatic rings. The SMILES string of the molecule is CCCCCCCCNC(=O)C(=O)Nc1ccc(Cl)cc1Cl. The number of rotatable bonds is 8. The van der Waals surface area contributed by atoms with Gasteiger partial charge in [-0.25, -0.2) is 0 Å². The van der Waals surface area contributed by atoms with E-state index < -0.39 is 11.8 Å². The van der Waals surface area contributed by atoms with Crippen LogP contribution in [-0.2, 0) is 9.59 Å². The summed E-state index contributed by atoms with van der Waals surface area (Å²) >= 11 is 11.7. The monoisotopic (exact) mass is 344 g/mol. The minimum atomic E-state index is -0.727. The Labute approximate surface area is 141 Å². The number of benzene rings is 1. The Hall–Kier alpha value is -1.26. The van der Waals surface area contributed by atoms with Crippen LogP contribution in [0.4, 0.5) is 5.69 Å². The zero-order valence-corrected chi connectivity index (χ0v) is 14.3. The van der Waals surface area contributed by atoms with Gasteiger partial charge in [-0.3, -0.25) is 9.59 Å². The molecule has 0 heterocycles. The van der Waals surface area contributed by atoms with E-state index in [1.54, 1.807) is 12.1 Å². The van der Waals surface area contributed by atoms with Gasteiger partial charge in [0.05, 0.1) is 10.7 Å². The standard InChI is InChI=1S/C16H22Cl2N2O2/c1-2-3-4-5-6-7-10-19-15(21)16(22)20-14-9-8-12(17)11-13(14)18/h8-9,11H,2-7,10H2,1H3,(H,19,21)(H,20,22). The van der Waals surface area contributed by atoms with Crippen molar-refractivity contribution in [2.24, 2.45) is 0 Å². The van der Waals surface area contributed by atoms with Crippen molar-refractivity contribution >= 4 is 40.7 Å². The number of carbonyl (C=O) groups is 2. The summed E-state index contributed by atoms with van der Waals surface area (Å²) in [6.45, 7) is 2.68. The highest BCUT2D eigenvalue weighted by molar-refractivity contribution is 6.42. The van der Waals surface area contributed by atoms with Gasteiger partial charge in [-0.05, 0) is 24.6 Å². The lowest BCUT2D eigenvalue weighted by Crippen LogP contribution is -2.35. The Balaban J connectivity index is 2.26. The van der Waals surface area contributed by atoms with Crippen LogP contribution in [0.25, 0.3) is 0 Å². The average molecular weight is 345 g/mol. The minimum absolute atomic E-state index is 0.296. The van der Waals surface area contributed by atoms with Gasteiger partial charge < -0.3 is 10.6 Å². The van der Waals surface area contributed by atoms with Gasteiger partial charge in [0.25, 0.3) is 0 Å². The lowest BCUT2D eigenvalue weighted by Gasteiger charge is -2.08. The van der Waals surface area contributed by atoms with E-state index in [4.69, 9.17) is 23.2 Å². The molecule has 0 aromatic heterocycles. The summed E-state index contributed by atoms with van der Waals surface area (Å²) < 4.78 is 0. The largest absolute Gasteiger partial charge is 0.348 e. The number of amides is 2. The minimum Gasteiger partial charge on any atom is -0.348 e. The maximum Gasteiger partial charge on any atom is 0.313 e. The van der Waals surface area contributed by atoms with E-state index in [-0.39, 0.29) is 0 Å². The van der Waals surface area contributed by atoms with Crippen molar-refractivity contribution in [2.45, 2.75) is 45.4 Å². The normalized spacial score (nSPS) is 10.3. The van der Waals surface area contributed by atoms with Crippen LogP contribution in [0.1, 0.15) is 45.4 Å². The maximum atomic E-state index is 11.7. The summed E-state index contributed by atoms with van der Waals surface area (Å²) in [4.78, 5) is 23.4. The van der Waals surface area contributed by atoms with Crippen molar-refractivity contribution in [1.82, 2.24) is 5.32 Å². The average Bonchev–Trinajstić information content (AvgIpc) is 2.48. The highest BCUT2D eigenvalue weighted by atomic mass is 35.5. The third kappa shape index (κ3) is 7.14. The molecule has 6 heteroatoms. The molecule has 0 atom stereocenters. The third-order valence-corrected chi connectivity index (χ3v) is 3.75. The highest BCUT2D eigenvalue weighted by Gasteiger charge is 2.14. The molecule has 4 nitrogen and oxygen atoms in total. The first-order valence-electron chi connectivity index (χ1n) is 7.58. The first-order valence-corrected chi connectivity index (χ1v) is 8.34. The van der Waals surface area contributed by atoms with Crippen LogP contribution in [0.15, 0.2) is 18.2 Å². The van der Waals surface area contributed by atoms with Gasteiger partial charge in [-0.2, -0.15) is 0 Å². The smallest absolute Gasteiger partial charge is 0.313 e. The Morgan fingerprint density at radius 1 is 1.00 bits per heavy atom. The van der Waals surface area contributed by atoms with E-state index in [0.29, 0.717) is 22.3 Å². The first-order chi connectivity index (χ1) is 10.5. The molecule has 0 aliphatic rings. The molecule has 0 aliphatic carbocycles. The molecule has 0 radical (unpaired) electrons. The van der Waals surface area contributed by atoms with Gasteiger partial charge in [0, 0.05) is 11.6 Å². The van der Waals surface area contributed by atoms with Crippen LogP contribution in [0, 0.1) is 0 Å². The lowest BCUT2D eigenvalue weighted by molar-refractivity contribution is -0.136. The first kappa shape index (κ1) is 18.8. The van der Waals surface area contributed by atoms with Gasteiger partial charge in [0.2, 0.25) is 0 Å². The van der Waals surface area contributed by atoms with Gasteiger partial charge in [-0.15, -0.1) is 0 Å². The van der Waals surface area contributed by atoms with E-state index >= 15 is 0 Å². The zero-order chi connectivity index (χ0) is 16.4. The molecule has 0 bridgehead atoms. The topological polar surface area (TPSA) is 58.2 Å². The highest BCUT2D eigenvalue weighted by Crippen LogP contribution is 2.25. The number of nitrogens with one attached hydrogen (secondary N) is 2. The second-order valence-corrected chi connectivity index (χ2v) is 5.95. The number of hydrogen-bond acceptors (Lipinski definition) is 2. The van der Waals surface area contributed by atoms with Crippen LogP contribution >= 0.6 is 23.2 Å². The van der Waals surface area contributed by atoms with Crippen LogP contribution in [0.5, 0.6) is 0 Å². The van der Waals surface area contributed by atoms with Crippen LogP contribution in [-0.4, -0.2) is 18.4 Å². The van der Waals surface area contributed by atoms with Crippen molar-refractivity contribution in [3.63, 3.8) is 0 Å². The molecule has 0 spiro atoms. The molecule has 0 fully saturated rings. The fraction of sp³-hybridized carbons (Fsp3) is 0.500.